The Morgan fingerprint density at radius 1 is 1.00 bits per heavy atom. The van der Waals surface area contributed by atoms with E-state index >= 15 is 0 Å². The number of nitrogens with one attached hydrogen (secondary N) is 2. The number of carbonyl (C=O) groups is 2. The summed E-state index contributed by atoms with van der Waals surface area (Å²) in [6.45, 7) is 4.45. The molecule has 4 rings (SSSR count). The lowest BCUT2D eigenvalue weighted by atomic mass is 10.2. The molecule has 8 heteroatoms. The molecule has 1 fully saturated rings. The third kappa shape index (κ3) is 4.48. The van der Waals surface area contributed by atoms with E-state index in [2.05, 4.69) is 32.7 Å². The smallest absolute Gasteiger partial charge is 0.318 e. The maximum absolute atomic E-state index is 12.6. The second-order valence-electron chi connectivity index (χ2n) is 6.96. The van der Waals surface area contributed by atoms with E-state index < -0.39 is 6.04 Å². The number of fused-ring (bicyclic) bond motifs is 1. The SMILES string of the molecule is C[C@H](NC(=O)N1CCN(c2ccccc2)CC1)C(=O)Nc1nc2ccccc2s1. The van der Waals surface area contributed by atoms with E-state index in [1.807, 2.05) is 42.5 Å². The van der Waals surface area contributed by atoms with Crippen molar-refractivity contribution >= 4 is 44.3 Å². The Labute approximate surface area is 173 Å². The fourth-order valence-electron chi connectivity index (χ4n) is 3.29. The lowest BCUT2D eigenvalue weighted by Crippen LogP contribution is -2.54. The number of para-hydroxylation sites is 2. The molecule has 150 valence electrons. The third-order valence-electron chi connectivity index (χ3n) is 4.95. The van der Waals surface area contributed by atoms with Gasteiger partial charge in [-0.1, -0.05) is 41.7 Å². The Morgan fingerprint density at radius 2 is 1.69 bits per heavy atom. The van der Waals surface area contributed by atoms with Crippen molar-refractivity contribution in [2.75, 3.05) is 36.4 Å². The van der Waals surface area contributed by atoms with Crippen LogP contribution in [0.3, 0.4) is 0 Å². The van der Waals surface area contributed by atoms with Crippen molar-refractivity contribution in [3.05, 3.63) is 54.6 Å². The summed E-state index contributed by atoms with van der Waals surface area (Å²) in [6, 6.07) is 17.0. The van der Waals surface area contributed by atoms with Crippen molar-refractivity contribution in [3.8, 4) is 0 Å². The van der Waals surface area contributed by atoms with Crippen LogP contribution in [-0.2, 0) is 4.79 Å². The van der Waals surface area contributed by atoms with Gasteiger partial charge in [-0.2, -0.15) is 0 Å². The van der Waals surface area contributed by atoms with E-state index in [9.17, 15) is 9.59 Å². The Bertz CT molecular complexity index is 965. The maximum Gasteiger partial charge on any atom is 0.318 e. The van der Waals surface area contributed by atoms with Gasteiger partial charge >= 0.3 is 6.03 Å². The summed E-state index contributed by atoms with van der Waals surface area (Å²) in [5.41, 5.74) is 2.01. The zero-order chi connectivity index (χ0) is 20.2. The predicted octanol–water partition coefficient (Wildman–Crippen LogP) is 3.16. The maximum atomic E-state index is 12.6. The highest BCUT2D eigenvalue weighted by molar-refractivity contribution is 7.22. The van der Waals surface area contributed by atoms with Gasteiger partial charge in [0.2, 0.25) is 5.91 Å². The summed E-state index contributed by atoms with van der Waals surface area (Å²) in [5.74, 6) is -0.277. The van der Waals surface area contributed by atoms with Crippen LogP contribution < -0.4 is 15.5 Å². The molecule has 3 aromatic rings. The molecule has 7 nitrogen and oxygen atoms in total. The van der Waals surface area contributed by atoms with Crippen LogP contribution in [0.15, 0.2) is 54.6 Å². The summed E-state index contributed by atoms with van der Waals surface area (Å²) >= 11 is 1.42. The fraction of sp³-hybridized carbons (Fsp3) is 0.286. The third-order valence-corrected chi connectivity index (χ3v) is 5.90. The van der Waals surface area contributed by atoms with E-state index in [-0.39, 0.29) is 11.9 Å². The standard InChI is InChI=1S/C21H23N5O2S/c1-15(19(27)24-20-23-17-9-5-6-10-18(17)29-20)22-21(28)26-13-11-25(12-14-26)16-7-3-2-4-8-16/h2-10,15H,11-14H2,1H3,(H,22,28)(H,23,24,27)/t15-/m0/s1. The first-order valence-electron chi connectivity index (χ1n) is 9.62. The highest BCUT2D eigenvalue weighted by Gasteiger charge is 2.24. The topological polar surface area (TPSA) is 77.6 Å². The van der Waals surface area contributed by atoms with Crippen LogP contribution in [-0.4, -0.2) is 54.0 Å². The molecule has 0 aliphatic carbocycles. The van der Waals surface area contributed by atoms with Crippen molar-refractivity contribution < 1.29 is 9.59 Å². The molecule has 2 aromatic carbocycles. The monoisotopic (exact) mass is 409 g/mol. The number of amides is 3. The Balaban J connectivity index is 1.28. The Kier molecular flexibility index (Phi) is 5.62. The van der Waals surface area contributed by atoms with Crippen molar-refractivity contribution in [1.29, 1.82) is 0 Å². The van der Waals surface area contributed by atoms with Crippen molar-refractivity contribution in [2.24, 2.45) is 0 Å². The molecular weight excluding hydrogens is 386 g/mol. The quantitative estimate of drug-likeness (QED) is 0.694. The average Bonchev–Trinajstić information content (AvgIpc) is 3.16. The molecule has 0 unspecified atom stereocenters. The van der Waals surface area contributed by atoms with Crippen LogP contribution in [0, 0.1) is 0 Å². The molecule has 0 bridgehead atoms. The minimum Gasteiger partial charge on any atom is -0.368 e. The minimum atomic E-state index is -0.651. The highest BCUT2D eigenvalue weighted by Crippen LogP contribution is 2.25. The first-order valence-corrected chi connectivity index (χ1v) is 10.4. The summed E-state index contributed by atoms with van der Waals surface area (Å²) < 4.78 is 1.01. The number of hydrogen-bond acceptors (Lipinski definition) is 5. The van der Waals surface area contributed by atoms with Crippen LogP contribution in [0.2, 0.25) is 0 Å². The van der Waals surface area contributed by atoms with Gasteiger partial charge in [-0.25, -0.2) is 9.78 Å². The van der Waals surface area contributed by atoms with Crippen LogP contribution in [0.1, 0.15) is 6.92 Å². The van der Waals surface area contributed by atoms with Gasteiger partial charge in [-0.15, -0.1) is 0 Å². The number of nitrogens with zero attached hydrogens (tertiary/aromatic N) is 3. The van der Waals surface area contributed by atoms with E-state index in [1.165, 1.54) is 11.3 Å². The van der Waals surface area contributed by atoms with Gasteiger partial charge < -0.3 is 20.4 Å². The number of urea groups is 1. The molecule has 1 saturated heterocycles. The van der Waals surface area contributed by atoms with E-state index in [0.29, 0.717) is 18.2 Å². The summed E-state index contributed by atoms with van der Waals surface area (Å²) in [4.78, 5) is 33.4. The Morgan fingerprint density at radius 3 is 2.41 bits per heavy atom. The fourth-order valence-corrected chi connectivity index (χ4v) is 4.16. The highest BCUT2D eigenvalue weighted by atomic mass is 32.1. The van der Waals surface area contributed by atoms with E-state index in [0.717, 1.165) is 29.0 Å². The summed E-state index contributed by atoms with van der Waals surface area (Å²) in [5, 5.41) is 6.12. The molecule has 1 aliphatic heterocycles. The largest absolute Gasteiger partial charge is 0.368 e. The molecule has 2 N–H and O–H groups in total. The van der Waals surface area contributed by atoms with Crippen molar-refractivity contribution in [2.45, 2.75) is 13.0 Å². The van der Waals surface area contributed by atoms with Crippen LogP contribution >= 0.6 is 11.3 Å². The second-order valence-corrected chi connectivity index (χ2v) is 7.99. The molecule has 0 radical (unpaired) electrons. The molecule has 2 heterocycles. The van der Waals surface area contributed by atoms with Crippen LogP contribution in [0.25, 0.3) is 10.2 Å². The zero-order valence-electron chi connectivity index (χ0n) is 16.2. The van der Waals surface area contributed by atoms with E-state index in [1.54, 1.807) is 11.8 Å². The molecule has 1 aliphatic rings. The number of hydrogen-bond donors (Lipinski definition) is 2. The molecule has 1 atom stereocenters. The number of piperazine rings is 1. The normalized spacial score (nSPS) is 15.2. The van der Waals surface area contributed by atoms with Gasteiger partial charge in [0, 0.05) is 31.9 Å². The average molecular weight is 410 g/mol. The van der Waals surface area contributed by atoms with Gasteiger partial charge in [0.25, 0.3) is 0 Å². The number of benzene rings is 2. The minimum absolute atomic E-state index is 0.218. The lowest BCUT2D eigenvalue weighted by molar-refractivity contribution is -0.117. The number of carbonyl (C=O) groups excluding carboxylic acids is 2. The number of rotatable bonds is 4. The molecule has 0 spiro atoms. The molecule has 29 heavy (non-hydrogen) atoms. The number of anilines is 2. The van der Waals surface area contributed by atoms with Crippen LogP contribution in [0.4, 0.5) is 15.6 Å². The van der Waals surface area contributed by atoms with Crippen molar-refractivity contribution in [3.63, 3.8) is 0 Å². The van der Waals surface area contributed by atoms with Gasteiger partial charge in [0.15, 0.2) is 5.13 Å². The second kappa shape index (κ2) is 8.48. The van der Waals surface area contributed by atoms with Crippen LogP contribution in [0.5, 0.6) is 0 Å². The Hall–Kier alpha value is -3.13. The summed E-state index contributed by atoms with van der Waals surface area (Å²) in [7, 11) is 0. The number of aromatic nitrogens is 1. The molecule has 0 saturated carbocycles. The zero-order valence-corrected chi connectivity index (χ0v) is 17.0. The van der Waals surface area contributed by atoms with E-state index in [4.69, 9.17) is 0 Å². The number of thiazole rings is 1. The molecule has 1 aromatic heterocycles. The first-order chi connectivity index (χ1) is 14.1. The predicted molar refractivity (Wildman–Crippen MR) is 116 cm³/mol. The van der Waals surface area contributed by atoms with Gasteiger partial charge in [0.05, 0.1) is 10.2 Å². The van der Waals surface area contributed by atoms with Gasteiger partial charge in [-0.05, 0) is 31.2 Å². The van der Waals surface area contributed by atoms with Crippen molar-refractivity contribution in [1.82, 2.24) is 15.2 Å². The molecular formula is C21H23N5O2S. The van der Waals surface area contributed by atoms with Gasteiger partial charge in [0.1, 0.15) is 6.04 Å². The molecule has 3 amide bonds. The first kappa shape index (κ1) is 19.2. The lowest BCUT2D eigenvalue weighted by Gasteiger charge is -2.36. The summed E-state index contributed by atoms with van der Waals surface area (Å²) in [6.07, 6.45) is 0. The van der Waals surface area contributed by atoms with Gasteiger partial charge in [-0.3, -0.25) is 4.79 Å².